The molecule has 124 valence electrons. The summed E-state index contributed by atoms with van der Waals surface area (Å²) in [4.78, 5) is 8.25. The van der Waals surface area contributed by atoms with Gasteiger partial charge in [-0.25, -0.2) is 9.97 Å². The molecular formula is C17H14F3N3O. The van der Waals surface area contributed by atoms with Gasteiger partial charge in [-0.05, 0) is 35.9 Å². The van der Waals surface area contributed by atoms with Crippen LogP contribution in [0.1, 0.15) is 17.2 Å². The van der Waals surface area contributed by atoms with Gasteiger partial charge in [0.25, 0.3) is 0 Å². The standard InChI is InChI=1S/C17H14F3N3O/c18-17(19,20)12-4-1-3-11(9-12)15(24)10-23-14-6-8-22-16-13(14)5-2-7-21-16/h1-9,15,24H,10H2,(H,21,22,23). The third-order valence-electron chi connectivity index (χ3n) is 3.60. The number of rotatable bonds is 4. The fourth-order valence-corrected chi connectivity index (χ4v) is 2.38. The molecule has 7 heteroatoms. The number of hydrogen-bond acceptors (Lipinski definition) is 4. The molecule has 1 atom stereocenters. The number of nitrogens with zero attached hydrogens (tertiary/aromatic N) is 2. The highest BCUT2D eigenvalue weighted by Gasteiger charge is 2.30. The van der Waals surface area contributed by atoms with Crippen LogP contribution in [0.3, 0.4) is 0 Å². The lowest BCUT2D eigenvalue weighted by molar-refractivity contribution is -0.137. The number of pyridine rings is 2. The van der Waals surface area contributed by atoms with Crippen molar-refractivity contribution >= 4 is 16.7 Å². The van der Waals surface area contributed by atoms with Crippen molar-refractivity contribution in [2.45, 2.75) is 12.3 Å². The molecule has 0 aliphatic rings. The number of aromatic nitrogens is 2. The van der Waals surface area contributed by atoms with Crippen molar-refractivity contribution in [3.8, 4) is 0 Å². The van der Waals surface area contributed by atoms with Crippen LogP contribution in [0, 0.1) is 0 Å². The second-order valence-corrected chi connectivity index (χ2v) is 5.25. The van der Waals surface area contributed by atoms with Crippen LogP contribution in [-0.4, -0.2) is 21.6 Å². The van der Waals surface area contributed by atoms with E-state index in [0.717, 1.165) is 17.5 Å². The molecule has 3 aromatic rings. The van der Waals surface area contributed by atoms with Crippen LogP contribution >= 0.6 is 0 Å². The summed E-state index contributed by atoms with van der Waals surface area (Å²) in [7, 11) is 0. The molecule has 1 unspecified atom stereocenters. The average molecular weight is 333 g/mol. The largest absolute Gasteiger partial charge is 0.416 e. The molecule has 2 heterocycles. The van der Waals surface area contributed by atoms with Gasteiger partial charge in [-0.15, -0.1) is 0 Å². The summed E-state index contributed by atoms with van der Waals surface area (Å²) < 4.78 is 38.2. The molecule has 2 aromatic heterocycles. The molecule has 0 saturated carbocycles. The Hall–Kier alpha value is -2.67. The third kappa shape index (κ3) is 3.46. The van der Waals surface area contributed by atoms with Crippen LogP contribution < -0.4 is 5.32 Å². The zero-order chi connectivity index (χ0) is 17.2. The molecule has 24 heavy (non-hydrogen) atoms. The Bertz CT molecular complexity index is 846. The molecule has 2 N–H and O–H groups in total. The number of aliphatic hydroxyl groups excluding tert-OH is 1. The Morgan fingerprint density at radius 1 is 1.04 bits per heavy atom. The van der Waals surface area contributed by atoms with Gasteiger partial charge in [-0.3, -0.25) is 0 Å². The van der Waals surface area contributed by atoms with Gasteiger partial charge < -0.3 is 10.4 Å². The van der Waals surface area contributed by atoms with E-state index in [1.807, 2.05) is 6.07 Å². The van der Waals surface area contributed by atoms with Crippen LogP contribution in [-0.2, 0) is 6.18 Å². The van der Waals surface area contributed by atoms with E-state index in [0.29, 0.717) is 11.3 Å². The molecule has 0 saturated heterocycles. The van der Waals surface area contributed by atoms with Crippen molar-refractivity contribution in [3.05, 3.63) is 66.0 Å². The summed E-state index contributed by atoms with van der Waals surface area (Å²) in [5.74, 6) is 0. The van der Waals surface area contributed by atoms with E-state index in [-0.39, 0.29) is 12.1 Å². The molecule has 0 aliphatic carbocycles. The summed E-state index contributed by atoms with van der Waals surface area (Å²) >= 11 is 0. The van der Waals surface area contributed by atoms with Crippen molar-refractivity contribution in [1.82, 2.24) is 9.97 Å². The second-order valence-electron chi connectivity index (χ2n) is 5.25. The molecule has 1 aromatic carbocycles. The van der Waals surface area contributed by atoms with Crippen LogP contribution in [0.15, 0.2) is 54.9 Å². The van der Waals surface area contributed by atoms with Gasteiger partial charge in [0.2, 0.25) is 0 Å². The lowest BCUT2D eigenvalue weighted by atomic mass is 10.1. The van der Waals surface area contributed by atoms with E-state index >= 15 is 0 Å². The number of anilines is 1. The zero-order valence-corrected chi connectivity index (χ0v) is 12.5. The van der Waals surface area contributed by atoms with Crippen LogP contribution in [0.2, 0.25) is 0 Å². The molecule has 0 amide bonds. The number of nitrogens with one attached hydrogen (secondary N) is 1. The summed E-state index contributed by atoms with van der Waals surface area (Å²) in [5, 5.41) is 14.0. The maximum absolute atomic E-state index is 12.7. The van der Waals surface area contributed by atoms with Gasteiger partial charge in [0.15, 0.2) is 5.65 Å². The predicted molar refractivity (Wildman–Crippen MR) is 84.4 cm³/mol. The zero-order valence-electron chi connectivity index (χ0n) is 12.5. The van der Waals surface area contributed by atoms with E-state index < -0.39 is 17.8 Å². The van der Waals surface area contributed by atoms with E-state index in [2.05, 4.69) is 15.3 Å². The fraction of sp³-hybridized carbons (Fsp3) is 0.176. The van der Waals surface area contributed by atoms with Crippen molar-refractivity contribution in [1.29, 1.82) is 0 Å². The number of fused-ring (bicyclic) bond motifs is 1. The number of hydrogen-bond donors (Lipinski definition) is 2. The van der Waals surface area contributed by atoms with E-state index in [9.17, 15) is 18.3 Å². The Labute approximate surface area is 136 Å². The Balaban J connectivity index is 1.77. The highest BCUT2D eigenvalue weighted by molar-refractivity contribution is 5.88. The monoisotopic (exact) mass is 333 g/mol. The van der Waals surface area contributed by atoms with Crippen LogP contribution in [0.5, 0.6) is 0 Å². The average Bonchev–Trinajstić information content (AvgIpc) is 2.59. The number of halogens is 3. The molecule has 3 rings (SSSR count). The van der Waals surface area contributed by atoms with Gasteiger partial charge in [0.05, 0.1) is 11.7 Å². The van der Waals surface area contributed by atoms with Gasteiger partial charge >= 0.3 is 6.18 Å². The van der Waals surface area contributed by atoms with Gasteiger partial charge in [0, 0.05) is 30.0 Å². The molecule has 4 nitrogen and oxygen atoms in total. The highest BCUT2D eigenvalue weighted by atomic mass is 19.4. The van der Waals surface area contributed by atoms with Crippen LogP contribution in [0.4, 0.5) is 18.9 Å². The molecule has 0 spiro atoms. The Morgan fingerprint density at radius 2 is 1.83 bits per heavy atom. The van der Waals surface area contributed by atoms with E-state index in [1.165, 1.54) is 12.1 Å². The minimum atomic E-state index is -4.43. The van der Waals surface area contributed by atoms with Gasteiger partial charge in [-0.1, -0.05) is 12.1 Å². The smallest absolute Gasteiger partial charge is 0.387 e. The van der Waals surface area contributed by atoms with Crippen molar-refractivity contribution < 1.29 is 18.3 Å². The number of aliphatic hydroxyl groups is 1. The molecule has 0 radical (unpaired) electrons. The second kappa shape index (κ2) is 6.45. The normalized spacial score (nSPS) is 13.0. The third-order valence-corrected chi connectivity index (χ3v) is 3.60. The summed E-state index contributed by atoms with van der Waals surface area (Å²) in [5.41, 5.74) is 0.682. The quantitative estimate of drug-likeness (QED) is 0.763. The lowest BCUT2D eigenvalue weighted by Crippen LogP contribution is -2.14. The predicted octanol–water partition coefficient (Wildman–Crippen LogP) is 3.79. The van der Waals surface area contributed by atoms with Crippen molar-refractivity contribution in [2.24, 2.45) is 0 Å². The fourth-order valence-electron chi connectivity index (χ4n) is 2.38. The number of benzene rings is 1. The van der Waals surface area contributed by atoms with Crippen LogP contribution in [0.25, 0.3) is 11.0 Å². The molecular weight excluding hydrogens is 319 g/mol. The van der Waals surface area contributed by atoms with Gasteiger partial charge in [-0.2, -0.15) is 13.2 Å². The SMILES string of the molecule is OC(CNc1ccnc2ncccc12)c1cccc(C(F)(F)F)c1. The first kappa shape index (κ1) is 16.2. The molecule has 0 bridgehead atoms. The minimum absolute atomic E-state index is 0.0648. The Morgan fingerprint density at radius 3 is 2.62 bits per heavy atom. The molecule has 0 fully saturated rings. The maximum atomic E-state index is 12.7. The summed E-state index contributed by atoms with van der Waals surface area (Å²) in [6.07, 6.45) is -2.31. The molecule has 0 aliphatic heterocycles. The highest BCUT2D eigenvalue weighted by Crippen LogP contribution is 2.31. The Kier molecular flexibility index (Phi) is 4.35. The summed E-state index contributed by atoms with van der Waals surface area (Å²) in [6.45, 7) is 0.0648. The maximum Gasteiger partial charge on any atom is 0.416 e. The first-order chi connectivity index (χ1) is 11.4. The topological polar surface area (TPSA) is 58.0 Å². The van der Waals surface area contributed by atoms with E-state index in [4.69, 9.17) is 0 Å². The number of alkyl halides is 3. The lowest BCUT2D eigenvalue weighted by Gasteiger charge is -2.16. The first-order valence-corrected chi connectivity index (χ1v) is 7.24. The van der Waals surface area contributed by atoms with Crippen molar-refractivity contribution in [2.75, 3.05) is 11.9 Å². The first-order valence-electron chi connectivity index (χ1n) is 7.24. The van der Waals surface area contributed by atoms with Gasteiger partial charge in [0.1, 0.15) is 0 Å². The van der Waals surface area contributed by atoms with Crippen molar-refractivity contribution in [3.63, 3.8) is 0 Å². The van der Waals surface area contributed by atoms with E-state index in [1.54, 1.807) is 24.5 Å². The summed E-state index contributed by atoms with van der Waals surface area (Å²) in [6, 6.07) is 10.0. The minimum Gasteiger partial charge on any atom is -0.387 e.